The normalized spacial score (nSPS) is 12.6. The first kappa shape index (κ1) is 14.2. The van der Waals surface area contributed by atoms with Gasteiger partial charge in [-0.05, 0) is 38.2 Å². The van der Waals surface area contributed by atoms with Crippen LogP contribution in [0.3, 0.4) is 0 Å². The van der Waals surface area contributed by atoms with Crippen molar-refractivity contribution in [3.8, 4) is 11.5 Å². The van der Waals surface area contributed by atoms with Crippen molar-refractivity contribution in [3.63, 3.8) is 0 Å². The molecule has 0 saturated carbocycles. The van der Waals surface area contributed by atoms with Crippen LogP contribution in [0.25, 0.3) is 11.5 Å². The van der Waals surface area contributed by atoms with Gasteiger partial charge in [0.2, 0.25) is 5.89 Å². The first-order chi connectivity index (χ1) is 9.15. The van der Waals surface area contributed by atoms with Crippen molar-refractivity contribution >= 4 is 11.8 Å². The summed E-state index contributed by atoms with van der Waals surface area (Å²) in [6.07, 6.45) is 2.78. The average molecular weight is 276 g/mol. The van der Waals surface area contributed by atoms with Gasteiger partial charge >= 0.3 is 0 Å². The minimum absolute atomic E-state index is 0.271. The second-order valence-corrected chi connectivity index (χ2v) is 5.93. The molecule has 2 aromatic rings. The maximum Gasteiger partial charge on any atom is 0.226 e. The SMILES string of the molecule is Cc1ccc(-c2nc(CSCCC(C)N)co2)cc1. The van der Waals surface area contributed by atoms with E-state index in [9.17, 15) is 0 Å². The molecule has 0 aliphatic rings. The highest BCUT2D eigenvalue weighted by molar-refractivity contribution is 7.98. The molecule has 102 valence electrons. The van der Waals surface area contributed by atoms with Gasteiger partial charge in [0, 0.05) is 17.4 Å². The van der Waals surface area contributed by atoms with Gasteiger partial charge < -0.3 is 10.2 Å². The monoisotopic (exact) mass is 276 g/mol. The number of nitrogens with zero attached hydrogens (tertiary/aromatic N) is 1. The van der Waals surface area contributed by atoms with Crippen molar-refractivity contribution in [1.82, 2.24) is 4.98 Å². The second kappa shape index (κ2) is 6.78. The third-order valence-corrected chi connectivity index (χ3v) is 3.84. The van der Waals surface area contributed by atoms with Crippen molar-refractivity contribution in [1.29, 1.82) is 0 Å². The van der Waals surface area contributed by atoms with E-state index in [1.807, 2.05) is 30.8 Å². The Bertz CT molecular complexity index is 505. The number of hydrogen-bond acceptors (Lipinski definition) is 4. The number of hydrogen-bond donors (Lipinski definition) is 1. The third kappa shape index (κ3) is 4.40. The topological polar surface area (TPSA) is 52.0 Å². The van der Waals surface area contributed by atoms with Crippen molar-refractivity contribution in [3.05, 3.63) is 41.8 Å². The van der Waals surface area contributed by atoms with Crippen molar-refractivity contribution in [2.24, 2.45) is 5.73 Å². The molecule has 0 spiro atoms. The summed E-state index contributed by atoms with van der Waals surface area (Å²) in [5.74, 6) is 2.63. The van der Waals surface area contributed by atoms with E-state index in [1.54, 1.807) is 6.26 Å². The minimum atomic E-state index is 0.271. The van der Waals surface area contributed by atoms with Crippen molar-refractivity contribution < 1.29 is 4.42 Å². The van der Waals surface area contributed by atoms with Crippen LogP contribution in [0, 0.1) is 6.92 Å². The van der Waals surface area contributed by atoms with Crippen LogP contribution in [-0.4, -0.2) is 16.8 Å². The summed E-state index contributed by atoms with van der Waals surface area (Å²) in [5, 5.41) is 0. The summed E-state index contributed by atoms with van der Waals surface area (Å²) in [6.45, 7) is 4.10. The number of aromatic nitrogens is 1. The maximum atomic E-state index is 5.72. The lowest BCUT2D eigenvalue weighted by atomic mass is 10.1. The summed E-state index contributed by atoms with van der Waals surface area (Å²) >= 11 is 1.84. The molecule has 0 bridgehead atoms. The zero-order valence-electron chi connectivity index (χ0n) is 11.4. The molecule has 0 fully saturated rings. The van der Waals surface area contributed by atoms with Gasteiger partial charge in [-0.1, -0.05) is 17.7 Å². The fourth-order valence-corrected chi connectivity index (χ4v) is 2.67. The number of nitrogens with two attached hydrogens (primary N) is 1. The first-order valence-corrected chi connectivity index (χ1v) is 7.65. The second-order valence-electron chi connectivity index (χ2n) is 4.83. The predicted molar refractivity (Wildman–Crippen MR) is 81.1 cm³/mol. The molecule has 19 heavy (non-hydrogen) atoms. The predicted octanol–water partition coefficient (Wildman–Crippen LogP) is 3.62. The molecule has 3 nitrogen and oxygen atoms in total. The van der Waals surface area contributed by atoms with Crippen LogP contribution in [0.4, 0.5) is 0 Å². The highest BCUT2D eigenvalue weighted by Crippen LogP contribution is 2.21. The summed E-state index contributed by atoms with van der Waals surface area (Å²) < 4.78 is 5.52. The van der Waals surface area contributed by atoms with E-state index in [0.717, 1.165) is 29.2 Å². The number of rotatable bonds is 6. The summed E-state index contributed by atoms with van der Waals surface area (Å²) in [5.41, 5.74) is 8.97. The summed E-state index contributed by atoms with van der Waals surface area (Å²) in [7, 11) is 0. The van der Waals surface area contributed by atoms with E-state index < -0.39 is 0 Å². The fraction of sp³-hybridized carbons (Fsp3) is 0.400. The Kier molecular flexibility index (Phi) is 5.05. The fourth-order valence-electron chi connectivity index (χ4n) is 1.65. The highest BCUT2D eigenvalue weighted by Gasteiger charge is 2.06. The van der Waals surface area contributed by atoms with Crippen LogP contribution in [0.1, 0.15) is 24.6 Å². The molecule has 2 N–H and O–H groups in total. The van der Waals surface area contributed by atoms with E-state index in [0.29, 0.717) is 5.89 Å². The van der Waals surface area contributed by atoms with Gasteiger partial charge in [0.25, 0.3) is 0 Å². The van der Waals surface area contributed by atoms with Crippen LogP contribution in [0.2, 0.25) is 0 Å². The zero-order valence-corrected chi connectivity index (χ0v) is 12.2. The average Bonchev–Trinajstić information content (AvgIpc) is 2.84. The van der Waals surface area contributed by atoms with Crippen LogP contribution in [0.15, 0.2) is 34.9 Å². The highest BCUT2D eigenvalue weighted by atomic mass is 32.2. The molecule has 0 saturated heterocycles. The van der Waals surface area contributed by atoms with Gasteiger partial charge in [-0.15, -0.1) is 0 Å². The smallest absolute Gasteiger partial charge is 0.226 e. The van der Waals surface area contributed by atoms with Crippen LogP contribution in [0.5, 0.6) is 0 Å². The van der Waals surface area contributed by atoms with E-state index in [4.69, 9.17) is 10.2 Å². The van der Waals surface area contributed by atoms with Crippen LogP contribution >= 0.6 is 11.8 Å². The number of thioether (sulfide) groups is 1. The van der Waals surface area contributed by atoms with E-state index >= 15 is 0 Å². The minimum Gasteiger partial charge on any atom is -0.444 e. The van der Waals surface area contributed by atoms with Crippen LogP contribution in [-0.2, 0) is 5.75 Å². The quantitative estimate of drug-likeness (QED) is 0.819. The molecular weight excluding hydrogens is 256 g/mol. The number of oxazole rings is 1. The van der Waals surface area contributed by atoms with E-state index in [2.05, 4.69) is 24.0 Å². The molecule has 0 aliphatic heterocycles. The Morgan fingerprint density at radius 2 is 2.05 bits per heavy atom. The molecule has 2 rings (SSSR count). The molecule has 1 aromatic carbocycles. The van der Waals surface area contributed by atoms with Crippen molar-refractivity contribution in [2.45, 2.75) is 32.1 Å². The van der Waals surface area contributed by atoms with Gasteiger partial charge in [0.1, 0.15) is 6.26 Å². The van der Waals surface area contributed by atoms with Crippen molar-refractivity contribution in [2.75, 3.05) is 5.75 Å². The Morgan fingerprint density at radius 1 is 1.32 bits per heavy atom. The molecule has 1 atom stereocenters. The molecule has 0 amide bonds. The van der Waals surface area contributed by atoms with Gasteiger partial charge in [-0.2, -0.15) is 11.8 Å². The molecule has 4 heteroatoms. The first-order valence-electron chi connectivity index (χ1n) is 6.50. The Labute approximate surface area is 118 Å². The van der Waals surface area contributed by atoms with Gasteiger partial charge in [0.15, 0.2) is 0 Å². The lowest BCUT2D eigenvalue weighted by Crippen LogP contribution is -2.15. The molecule has 1 aromatic heterocycles. The third-order valence-electron chi connectivity index (χ3n) is 2.82. The van der Waals surface area contributed by atoms with Gasteiger partial charge in [-0.3, -0.25) is 0 Å². The molecular formula is C15H20N2OS. The summed E-state index contributed by atoms with van der Waals surface area (Å²) in [4.78, 5) is 4.51. The lowest BCUT2D eigenvalue weighted by molar-refractivity contribution is 0.573. The zero-order chi connectivity index (χ0) is 13.7. The number of benzene rings is 1. The molecule has 0 aliphatic carbocycles. The molecule has 1 heterocycles. The Morgan fingerprint density at radius 3 is 2.74 bits per heavy atom. The number of aryl methyl sites for hydroxylation is 1. The molecule has 0 radical (unpaired) electrons. The van der Waals surface area contributed by atoms with E-state index in [1.165, 1.54) is 5.56 Å². The maximum absolute atomic E-state index is 5.72. The summed E-state index contributed by atoms with van der Waals surface area (Å²) in [6, 6.07) is 8.48. The largest absolute Gasteiger partial charge is 0.444 e. The van der Waals surface area contributed by atoms with E-state index in [-0.39, 0.29) is 6.04 Å². The Hall–Kier alpha value is -1.26. The van der Waals surface area contributed by atoms with Gasteiger partial charge in [0.05, 0.1) is 5.69 Å². The molecule has 1 unspecified atom stereocenters. The lowest BCUT2D eigenvalue weighted by Gasteiger charge is -2.02. The van der Waals surface area contributed by atoms with Gasteiger partial charge in [-0.25, -0.2) is 4.98 Å². The Balaban J connectivity index is 1.90. The van der Waals surface area contributed by atoms with Crippen LogP contribution < -0.4 is 5.73 Å². The standard InChI is InChI=1S/C15H20N2OS/c1-11-3-5-13(6-4-11)15-17-14(9-18-15)10-19-8-7-12(2)16/h3-6,9,12H,7-8,10,16H2,1-2H3.